The van der Waals surface area contributed by atoms with Gasteiger partial charge in [-0.2, -0.15) is 0 Å². The Bertz CT molecular complexity index is 976. The lowest BCUT2D eigenvalue weighted by molar-refractivity contribution is -0.137. The molecule has 1 atom stereocenters. The van der Waals surface area contributed by atoms with Gasteiger partial charge in [-0.25, -0.2) is 0 Å². The third kappa shape index (κ3) is 4.67. The largest absolute Gasteiger partial charge is 0.336 e. The van der Waals surface area contributed by atoms with Gasteiger partial charge in [0.15, 0.2) is 0 Å². The average molecular weight is 426 g/mol. The lowest BCUT2D eigenvalue weighted by Crippen LogP contribution is -2.39. The molecule has 1 aliphatic rings. The van der Waals surface area contributed by atoms with Crippen LogP contribution in [-0.2, 0) is 14.4 Å². The number of rotatable bonds is 6. The highest BCUT2D eigenvalue weighted by atomic mass is 32.2. The molecule has 1 fully saturated rings. The second-order valence-corrected chi connectivity index (χ2v) is 8.42. The summed E-state index contributed by atoms with van der Waals surface area (Å²) < 4.78 is 0. The minimum atomic E-state index is -0.450. The Kier molecular flexibility index (Phi) is 6.82. The second-order valence-electron chi connectivity index (χ2n) is 7.57. The number of thioether (sulfide) groups is 1. The van der Waals surface area contributed by atoms with Crippen LogP contribution in [0.25, 0.3) is 0 Å². The predicted molar refractivity (Wildman–Crippen MR) is 121 cm³/mol. The maximum Gasteiger partial charge on any atom is 0.244 e. The van der Waals surface area contributed by atoms with Crippen LogP contribution in [0.15, 0.2) is 47.4 Å². The predicted octanol–water partition coefficient (Wildman–Crippen LogP) is 3.48. The number of amides is 3. The fourth-order valence-corrected chi connectivity index (χ4v) is 4.23. The average Bonchev–Trinajstić information content (AvgIpc) is 3.11. The molecule has 2 aromatic carbocycles. The van der Waals surface area contributed by atoms with E-state index >= 15 is 0 Å². The third-order valence-corrected chi connectivity index (χ3v) is 6.27. The molecule has 0 saturated carbocycles. The third-order valence-electron chi connectivity index (χ3n) is 5.48. The van der Waals surface area contributed by atoms with Crippen molar-refractivity contribution in [1.29, 1.82) is 0 Å². The molecule has 1 heterocycles. The van der Waals surface area contributed by atoms with Crippen LogP contribution in [0.1, 0.15) is 17.5 Å². The van der Waals surface area contributed by atoms with Gasteiger partial charge in [0.2, 0.25) is 17.7 Å². The number of nitrogens with one attached hydrogen (secondary N) is 1. The van der Waals surface area contributed by atoms with Crippen LogP contribution >= 0.6 is 11.8 Å². The van der Waals surface area contributed by atoms with Crippen molar-refractivity contribution < 1.29 is 14.4 Å². The van der Waals surface area contributed by atoms with Crippen LogP contribution < -0.4 is 10.2 Å². The molecule has 30 heavy (non-hydrogen) atoms. The first-order valence-corrected chi connectivity index (χ1v) is 11.1. The first-order chi connectivity index (χ1) is 14.3. The molecule has 0 spiro atoms. The van der Waals surface area contributed by atoms with E-state index in [1.165, 1.54) is 4.90 Å². The molecule has 3 rings (SSSR count). The molecule has 0 aliphatic carbocycles. The molecule has 2 aromatic rings. The summed E-state index contributed by atoms with van der Waals surface area (Å²) in [4.78, 5) is 42.0. The van der Waals surface area contributed by atoms with Crippen molar-refractivity contribution in [2.75, 3.05) is 36.6 Å². The molecule has 1 unspecified atom stereocenters. The molecule has 0 bridgehead atoms. The molecule has 0 radical (unpaired) electrons. The number of hydrogen-bond donors (Lipinski definition) is 1. The van der Waals surface area contributed by atoms with E-state index < -0.39 is 5.92 Å². The molecule has 1 N–H and O–H groups in total. The van der Waals surface area contributed by atoms with Crippen molar-refractivity contribution >= 4 is 40.9 Å². The highest BCUT2D eigenvalue weighted by Gasteiger charge is 2.37. The lowest BCUT2D eigenvalue weighted by atomic mass is 10.1. The number of hydrogen-bond acceptors (Lipinski definition) is 4. The fraction of sp³-hybridized carbons (Fsp3) is 0.348. The Morgan fingerprint density at radius 3 is 2.63 bits per heavy atom. The van der Waals surface area contributed by atoms with E-state index in [9.17, 15) is 14.4 Å². The van der Waals surface area contributed by atoms with E-state index in [4.69, 9.17) is 0 Å². The number of aryl methyl sites for hydroxylation is 1. The molecular weight excluding hydrogens is 398 g/mol. The second kappa shape index (κ2) is 9.34. The van der Waals surface area contributed by atoms with Crippen molar-refractivity contribution in [3.05, 3.63) is 53.6 Å². The van der Waals surface area contributed by atoms with Crippen LogP contribution in [0.3, 0.4) is 0 Å². The van der Waals surface area contributed by atoms with Crippen molar-refractivity contribution in [3.63, 3.8) is 0 Å². The van der Waals surface area contributed by atoms with Gasteiger partial charge in [0.1, 0.15) is 0 Å². The van der Waals surface area contributed by atoms with Crippen molar-refractivity contribution in [2.24, 2.45) is 5.92 Å². The van der Waals surface area contributed by atoms with Crippen LogP contribution in [0.4, 0.5) is 11.4 Å². The van der Waals surface area contributed by atoms with Gasteiger partial charge < -0.3 is 15.1 Å². The van der Waals surface area contributed by atoms with Crippen molar-refractivity contribution in [2.45, 2.75) is 25.2 Å². The van der Waals surface area contributed by atoms with Gasteiger partial charge in [-0.3, -0.25) is 14.4 Å². The van der Waals surface area contributed by atoms with E-state index in [1.807, 2.05) is 62.6 Å². The molecule has 0 aromatic heterocycles. The summed E-state index contributed by atoms with van der Waals surface area (Å²) in [5.41, 5.74) is 3.73. The number of carbonyl (C=O) groups excluding carboxylic acids is 3. The summed E-state index contributed by atoms with van der Waals surface area (Å²) in [5, 5.41) is 2.86. The fourth-order valence-electron chi connectivity index (χ4n) is 3.68. The van der Waals surface area contributed by atoms with Gasteiger partial charge in [0, 0.05) is 30.6 Å². The van der Waals surface area contributed by atoms with Gasteiger partial charge in [-0.05, 0) is 49.4 Å². The summed E-state index contributed by atoms with van der Waals surface area (Å²) in [6.07, 6.45) is 2.10. The van der Waals surface area contributed by atoms with Gasteiger partial charge in [0.05, 0.1) is 18.2 Å². The monoisotopic (exact) mass is 425 g/mol. The Hall–Kier alpha value is -2.80. The zero-order valence-corrected chi connectivity index (χ0v) is 18.6. The molecule has 1 aliphatic heterocycles. The van der Waals surface area contributed by atoms with Crippen LogP contribution in [0, 0.1) is 19.8 Å². The Balaban J connectivity index is 1.63. The van der Waals surface area contributed by atoms with Crippen molar-refractivity contribution in [3.8, 4) is 0 Å². The van der Waals surface area contributed by atoms with Gasteiger partial charge in [-0.15, -0.1) is 11.8 Å². The van der Waals surface area contributed by atoms with Crippen molar-refractivity contribution in [1.82, 2.24) is 4.90 Å². The Morgan fingerprint density at radius 1 is 1.17 bits per heavy atom. The molecule has 1 saturated heterocycles. The topological polar surface area (TPSA) is 69.7 Å². The van der Waals surface area contributed by atoms with Crippen LogP contribution in [0.5, 0.6) is 0 Å². The summed E-state index contributed by atoms with van der Waals surface area (Å²) in [5.74, 6) is -0.963. The number of para-hydroxylation sites is 1. The number of likely N-dealkylation sites (N-methyl/N-ethyl adjacent to an activating group) is 1. The summed E-state index contributed by atoms with van der Waals surface area (Å²) in [6.45, 7) is 4.26. The Morgan fingerprint density at radius 2 is 1.90 bits per heavy atom. The summed E-state index contributed by atoms with van der Waals surface area (Å²) in [6, 6.07) is 13.4. The number of benzene rings is 2. The molecule has 3 amide bonds. The summed E-state index contributed by atoms with van der Waals surface area (Å²) in [7, 11) is 1.60. The smallest absolute Gasteiger partial charge is 0.244 e. The van der Waals surface area contributed by atoms with Gasteiger partial charge >= 0.3 is 0 Å². The van der Waals surface area contributed by atoms with Gasteiger partial charge in [-0.1, -0.05) is 24.3 Å². The lowest BCUT2D eigenvalue weighted by Gasteiger charge is -2.22. The van der Waals surface area contributed by atoms with E-state index in [2.05, 4.69) is 5.32 Å². The highest BCUT2D eigenvalue weighted by Crippen LogP contribution is 2.30. The number of anilines is 2. The highest BCUT2D eigenvalue weighted by molar-refractivity contribution is 7.98. The minimum absolute atomic E-state index is 0.0598. The quantitative estimate of drug-likeness (QED) is 0.720. The van der Waals surface area contributed by atoms with E-state index in [-0.39, 0.29) is 30.7 Å². The normalized spacial score (nSPS) is 15.9. The van der Waals surface area contributed by atoms with E-state index in [0.29, 0.717) is 6.54 Å². The first-order valence-electron chi connectivity index (χ1n) is 9.86. The first kappa shape index (κ1) is 21.9. The van der Waals surface area contributed by atoms with Gasteiger partial charge in [0.25, 0.3) is 0 Å². The number of nitrogens with zero attached hydrogens (tertiary/aromatic N) is 2. The van der Waals surface area contributed by atoms with E-state index in [1.54, 1.807) is 23.7 Å². The standard InChI is InChI=1S/C23H27N3O3S/c1-15-8-7-10-19(16(15)2)26-13-17(12-22(26)28)23(29)25(3)14-21(27)24-18-9-5-6-11-20(18)30-4/h5-11,17H,12-14H2,1-4H3,(H,24,27). The minimum Gasteiger partial charge on any atom is -0.336 e. The molecular formula is C23H27N3O3S. The maximum atomic E-state index is 12.9. The van der Waals surface area contributed by atoms with E-state index in [0.717, 1.165) is 27.4 Å². The number of carbonyl (C=O) groups is 3. The van der Waals surface area contributed by atoms with Crippen LogP contribution in [-0.4, -0.2) is 49.0 Å². The SMILES string of the molecule is CSc1ccccc1NC(=O)CN(C)C(=O)C1CC(=O)N(c2cccc(C)c2C)C1. The molecule has 7 heteroatoms. The zero-order valence-electron chi connectivity index (χ0n) is 17.8. The Labute approximate surface area is 181 Å². The molecule has 6 nitrogen and oxygen atoms in total. The molecule has 158 valence electrons. The summed E-state index contributed by atoms with van der Waals surface area (Å²) >= 11 is 1.55. The maximum absolute atomic E-state index is 12.9. The van der Waals surface area contributed by atoms with Crippen LogP contribution in [0.2, 0.25) is 0 Å². The zero-order chi connectivity index (χ0) is 21.8.